The molecule has 0 amide bonds. The van der Waals surface area contributed by atoms with Crippen LogP contribution in [0.4, 0.5) is 0 Å². The van der Waals surface area contributed by atoms with Crippen LogP contribution in [0.2, 0.25) is 0 Å². The Balaban J connectivity index is 1.36. The Morgan fingerprint density at radius 3 is 2.39 bits per heavy atom. The molecule has 1 N–H and O–H groups in total. The van der Waals surface area contributed by atoms with E-state index in [0.29, 0.717) is 18.6 Å². The number of ether oxygens (including phenoxy) is 1. The molecule has 3 rings (SSSR count). The molecule has 0 spiro atoms. The minimum Gasteiger partial charge on any atom is -0.481 e. The second-order valence-corrected chi connectivity index (χ2v) is 9.77. The number of fused-ring (bicyclic) bond motifs is 2. The van der Waals surface area contributed by atoms with Crippen molar-refractivity contribution in [3.63, 3.8) is 0 Å². The molecule has 2 saturated heterocycles. The molecule has 3 aliphatic rings. The van der Waals surface area contributed by atoms with E-state index in [9.17, 15) is 4.79 Å². The lowest BCUT2D eigenvalue weighted by Crippen LogP contribution is -2.31. The minimum atomic E-state index is -0.666. The van der Waals surface area contributed by atoms with Crippen LogP contribution in [-0.4, -0.2) is 45.8 Å². The third kappa shape index (κ3) is 5.05. The van der Waals surface area contributed by atoms with Gasteiger partial charge in [0.25, 0.3) is 0 Å². The second-order valence-electron chi connectivity index (χ2n) is 7.28. The summed E-state index contributed by atoms with van der Waals surface area (Å²) in [5.74, 6) is 4.46. The lowest BCUT2D eigenvalue weighted by Gasteiger charge is -2.28. The molecule has 1 aliphatic carbocycles. The van der Waals surface area contributed by atoms with Gasteiger partial charge in [-0.1, -0.05) is 12.8 Å². The summed E-state index contributed by atoms with van der Waals surface area (Å²) >= 11 is 4.24. The Labute approximate surface area is 148 Å². The molecule has 5 heteroatoms. The molecule has 0 aromatic carbocycles. The number of unbranched alkanes of at least 4 members (excludes halogenated alkanes) is 1. The number of hydrogen-bond donors (Lipinski definition) is 1. The molecule has 1 saturated carbocycles. The summed E-state index contributed by atoms with van der Waals surface area (Å²) < 4.78 is 6.22. The third-order valence-corrected chi connectivity index (χ3v) is 8.37. The van der Waals surface area contributed by atoms with E-state index in [0.717, 1.165) is 35.7 Å². The molecule has 4 atom stereocenters. The van der Waals surface area contributed by atoms with Crippen LogP contribution >= 0.6 is 23.5 Å². The van der Waals surface area contributed by atoms with Crippen molar-refractivity contribution in [1.29, 1.82) is 0 Å². The van der Waals surface area contributed by atoms with Crippen LogP contribution in [0, 0.1) is 11.8 Å². The summed E-state index contributed by atoms with van der Waals surface area (Å²) in [6.45, 7) is 0. The molecule has 2 bridgehead atoms. The molecular formula is C18H30O3S2. The lowest BCUT2D eigenvalue weighted by molar-refractivity contribution is -0.137. The topological polar surface area (TPSA) is 46.5 Å². The van der Waals surface area contributed by atoms with Gasteiger partial charge in [-0.15, -0.1) is 0 Å². The molecule has 0 aromatic heterocycles. The Morgan fingerprint density at radius 2 is 1.70 bits per heavy atom. The fourth-order valence-corrected chi connectivity index (χ4v) is 7.27. The number of carboxylic acids is 1. The zero-order chi connectivity index (χ0) is 16.1. The van der Waals surface area contributed by atoms with E-state index < -0.39 is 5.97 Å². The van der Waals surface area contributed by atoms with Gasteiger partial charge in [-0.3, -0.25) is 4.79 Å². The Kier molecular flexibility index (Phi) is 7.02. The average Bonchev–Trinajstić information content (AvgIpc) is 3.25. The number of rotatable bonds is 10. The summed E-state index contributed by atoms with van der Waals surface area (Å²) in [4.78, 5) is 10.5. The highest BCUT2D eigenvalue weighted by atomic mass is 32.2. The predicted octanol–water partition coefficient (Wildman–Crippen LogP) is 4.44. The van der Waals surface area contributed by atoms with E-state index in [1.165, 1.54) is 50.0 Å². The highest BCUT2D eigenvalue weighted by molar-refractivity contribution is 8.00. The summed E-state index contributed by atoms with van der Waals surface area (Å²) in [5, 5.41) is 9.59. The zero-order valence-corrected chi connectivity index (χ0v) is 15.6. The molecule has 3 nitrogen and oxygen atoms in total. The first-order valence-electron chi connectivity index (χ1n) is 9.30. The zero-order valence-electron chi connectivity index (χ0n) is 14.0. The van der Waals surface area contributed by atoms with Crippen molar-refractivity contribution in [3.8, 4) is 0 Å². The second kappa shape index (κ2) is 9.00. The smallest absolute Gasteiger partial charge is 0.303 e. The molecule has 0 aromatic rings. The SMILES string of the molecule is O=C(O)CCCCSC[C@H]1[C@@H](CSC2CCCC2)[C@H]2CC[C@@H]1O2. The van der Waals surface area contributed by atoms with Crippen LogP contribution in [0.25, 0.3) is 0 Å². The molecule has 2 heterocycles. The predicted molar refractivity (Wildman–Crippen MR) is 98.4 cm³/mol. The van der Waals surface area contributed by atoms with E-state index in [1.54, 1.807) is 0 Å². The van der Waals surface area contributed by atoms with Crippen molar-refractivity contribution in [2.24, 2.45) is 11.8 Å². The maximum atomic E-state index is 10.5. The van der Waals surface area contributed by atoms with Crippen molar-refractivity contribution in [2.45, 2.75) is 75.2 Å². The van der Waals surface area contributed by atoms with Crippen molar-refractivity contribution >= 4 is 29.5 Å². The summed E-state index contributed by atoms with van der Waals surface area (Å²) in [6.07, 6.45) is 11.5. The van der Waals surface area contributed by atoms with Crippen molar-refractivity contribution < 1.29 is 14.6 Å². The van der Waals surface area contributed by atoms with Gasteiger partial charge in [0.1, 0.15) is 0 Å². The van der Waals surface area contributed by atoms with E-state index in [2.05, 4.69) is 11.8 Å². The summed E-state index contributed by atoms with van der Waals surface area (Å²) in [7, 11) is 0. The van der Waals surface area contributed by atoms with Gasteiger partial charge in [0.15, 0.2) is 0 Å². The standard InChI is InChI=1S/C18H30O3S2/c19-18(20)7-3-4-10-22-11-14-15(17-9-8-16(14)21-17)12-23-13-5-1-2-6-13/h13-17H,1-12H2,(H,19,20)/t14-,15+,16-,17+/m0/s1. The lowest BCUT2D eigenvalue weighted by atomic mass is 9.81. The van der Waals surface area contributed by atoms with Crippen LogP contribution in [0.3, 0.4) is 0 Å². The molecule has 0 unspecified atom stereocenters. The number of aliphatic carboxylic acids is 1. The van der Waals surface area contributed by atoms with Gasteiger partial charge in [-0.05, 0) is 55.8 Å². The summed E-state index contributed by atoms with van der Waals surface area (Å²) in [6, 6.07) is 0. The number of carboxylic acid groups (broad SMARTS) is 1. The van der Waals surface area contributed by atoms with Gasteiger partial charge in [0.2, 0.25) is 0 Å². The largest absolute Gasteiger partial charge is 0.481 e. The van der Waals surface area contributed by atoms with Gasteiger partial charge >= 0.3 is 5.97 Å². The van der Waals surface area contributed by atoms with Gasteiger partial charge in [-0.2, -0.15) is 23.5 Å². The highest BCUT2D eigenvalue weighted by Gasteiger charge is 2.48. The molecule has 2 aliphatic heterocycles. The van der Waals surface area contributed by atoms with Crippen molar-refractivity contribution in [1.82, 2.24) is 0 Å². The van der Waals surface area contributed by atoms with Crippen molar-refractivity contribution in [3.05, 3.63) is 0 Å². The van der Waals surface area contributed by atoms with E-state index in [4.69, 9.17) is 9.84 Å². The number of carbonyl (C=O) groups is 1. The summed E-state index contributed by atoms with van der Waals surface area (Å²) in [5.41, 5.74) is 0. The minimum absolute atomic E-state index is 0.318. The first-order chi connectivity index (χ1) is 11.2. The monoisotopic (exact) mass is 358 g/mol. The molecule has 23 heavy (non-hydrogen) atoms. The van der Waals surface area contributed by atoms with E-state index in [1.807, 2.05) is 11.8 Å². The van der Waals surface area contributed by atoms with Crippen LogP contribution in [-0.2, 0) is 9.53 Å². The normalized spacial score (nSPS) is 33.6. The maximum absolute atomic E-state index is 10.5. The molecule has 0 radical (unpaired) electrons. The van der Waals surface area contributed by atoms with Gasteiger partial charge in [0.05, 0.1) is 12.2 Å². The highest BCUT2D eigenvalue weighted by Crippen LogP contribution is 2.47. The van der Waals surface area contributed by atoms with Crippen LogP contribution in [0.5, 0.6) is 0 Å². The first kappa shape index (κ1) is 17.9. The number of thioether (sulfide) groups is 2. The fourth-order valence-electron chi connectivity index (χ4n) is 4.33. The van der Waals surface area contributed by atoms with E-state index in [-0.39, 0.29) is 0 Å². The van der Waals surface area contributed by atoms with Crippen molar-refractivity contribution in [2.75, 3.05) is 17.3 Å². The van der Waals surface area contributed by atoms with Crippen LogP contribution in [0.1, 0.15) is 57.8 Å². The van der Waals surface area contributed by atoms with Crippen LogP contribution < -0.4 is 0 Å². The number of hydrogen-bond acceptors (Lipinski definition) is 4. The van der Waals surface area contributed by atoms with Gasteiger partial charge in [0, 0.05) is 23.5 Å². The average molecular weight is 359 g/mol. The van der Waals surface area contributed by atoms with E-state index >= 15 is 0 Å². The first-order valence-corrected chi connectivity index (χ1v) is 11.5. The quantitative estimate of drug-likeness (QED) is 0.585. The van der Waals surface area contributed by atoms with Gasteiger partial charge in [-0.25, -0.2) is 0 Å². The third-order valence-electron chi connectivity index (χ3n) is 5.66. The Bertz CT molecular complexity index is 384. The fraction of sp³-hybridized carbons (Fsp3) is 0.944. The van der Waals surface area contributed by atoms with Gasteiger partial charge < -0.3 is 9.84 Å². The van der Waals surface area contributed by atoms with Crippen LogP contribution in [0.15, 0.2) is 0 Å². The molecule has 3 fully saturated rings. The molecule has 132 valence electrons. The Morgan fingerprint density at radius 1 is 1.00 bits per heavy atom. The maximum Gasteiger partial charge on any atom is 0.303 e. The Hall–Kier alpha value is 0.130. The molecular weight excluding hydrogens is 328 g/mol.